The van der Waals surface area contributed by atoms with E-state index in [2.05, 4.69) is 15.3 Å². The fourth-order valence-electron chi connectivity index (χ4n) is 5.35. The smallest absolute Gasteiger partial charge is 0.226 e. The van der Waals surface area contributed by atoms with Gasteiger partial charge in [-0.15, -0.1) is 0 Å². The van der Waals surface area contributed by atoms with E-state index in [1.54, 1.807) is 0 Å². The van der Waals surface area contributed by atoms with Crippen LogP contribution in [0.5, 0.6) is 11.5 Å². The molecule has 8 nitrogen and oxygen atoms in total. The van der Waals surface area contributed by atoms with Crippen molar-refractivity contribution in [3.8, 4) is 22.8 Å². The number of hydrogen-bond donors (Lipinski definition) is 2. The number of nitrogens with one attached hydrogen (secondary N) is 1. The van der Waals surface area contributed by atoms with Crippen LogP contribution in [0.2, 0.25) is 0 Å². The third-order valence-corrected chi connectivity index (χ3v) is 7.25. The Kier molecular flexibility index (Phi) is 4.94. The van der Waals surface area contributed by atoms with E-state index in [9.17, 15) is 4.79 Å². The van der Waals surface area contributed by atoms with E-state index < -0.39 is 0 Å². The minimum Gasteiger partial charge on any atom is -0.457 e. The molecule has 172 valence electrons. The zero-order valence-corrected chi connectivity index (χ0v) is 18.8. The van der Waals surface area contributed by atoms with Gasteiger partial charge in [0.05, 0.1) is 16.8 Å². The first-order chi connectivity index (χ1) is 16.6. The summed E-state index contributed by atoms with van der Waals surface area (Å²) < 4.78 is 7.92. The van der Waals surface area contributed by atoms with E-state index in [1.165, 1.54) is 6.33 Å². The highest BCUT2D eigenvalue weighted by Crippen LogP contribution is 2.46. The largest absolute Gasteiger partial charge is 0.457 e. The van der Waals surface area contributed by atoms with Gasteiger partial charge in [0, 0.05) is 12.1 Å². The molecule has 0 radical (unpaired) electrons. The van der Waals surface area contributed by atoms with Crippen molar-refractivity contribution in [2.75, 3.05) is 12.3 Å². The SMILES string of the molecule is Nc1ncnc2c1c(-c1ccc(Oc3ccccc3)cc1)nn2C1CCC2(CCNC2=O)CC1. The number of carbonyl (C=O) groups is 1. The Morgan fingerprint density at radius 2 is 1.71 bits per heavy atom. The highest BCUT2D eigenvalue weighted by atomic mass is 16.5. The number of ether oxygens (including phenoxy) is 1. The van der Waals surface area contributed by atoms with Crippen molar-refractivity contribution < 1.29 is 9.53 Å². The summed E-state index contributed by atoms with van der Waals surface area (Å²) in [4.78, 5) is 21.2. The number of nitrogen functional groups attached to an aromatic ring is 1. The van der Waals surface area contributed by atoms with Crippen molar-refractivity contribution in [3.63, 3.8) is 0 Å². The number of amides is 1. The number of carbonyl (C=O) groups excluding carboxylic acids is 1. The van der Waals surface area contributed by atoms with Crippen LogP contribution in [0.1, 0.15) is 38.1 Å². The highest BCUT2D eigenvalue weighted by molar-refractivity contribution is 5.98. The molecule has 2 fully saturated rings. The van der Waals surface area contributed by atoms with Crippen LogP contribution >= 0.6 is 0 Å². The lowest BCUT2D eigenvalue weighted by Crippen LogP contribution is -2.35. The first-order valence-corrected chi connectivity index (χ1v) is 11.7. The maximum absolute atomic E-state index is 12.4. The van der Waals surface area contributed by atoms with Crippen LogP contribution in [0, 0.1) is 5.41 Å². The van der Waals surface area contributed by atoms with E-state index in [0.29, 0.717) is 5.82 Å². The third-order valence-electron chi connectivity index (χ3n) is 7.25. The molecular formula is C26H26N6O2. The molecule has 3 heterocycles. The summed E-state index contributed by atoms with van der Waals surface area (Å²) in [5.41, 5.74) is 8.52. The monoisotopic (exact) mass is 454 g/mol. The third kappa shape index (κ3) is 3.46. The Bertz CT molecular complexity index is 1340. The van der Waals surface area contributed by atoms with E-state index in [4.69, 9.17) is 15.6 Å². The average molecular weight is 455 g/mol. The van der Waals surface area contributed by atoms with Crippen molar-refractivity contribution in [2.24, 2.45) is 5.41 Å². The second-order valence-corrected chi connectivity index (χ2v) is 9.21. The molecule has 2 aromatic heterocycles. The minimum absolute atomic E-state index is 0.172. The Labute approximate surface area is 197 Å². The fourth-order valence-corrected chi connectivity index (χ4v) is 5.35. The summed E-state index contributed by atoms with van der Waals surface area (Å²) in [7, 11) is 0. The van der Waals surface area contributed by atoms with Crippen LogP contribution in [0.25, 0.3) is 22.3 Å². The molecule has 2 aliphatic rings. The molecule has 6 rings (SSSR count). The lowest BCUT2D eigenvalue weighted by molar-refractivity contribution is -0.129. The van der Waals surface area contributed by atoms with Gasteiger partial charge in [0.1, 0.15) is 29.3 Å². The van der Waals surface area contributed by atoms with Crippen molar-refractivity contribution in [2.45, 2.75) is 38.1 Å². The van der Waals surface area contributed by atoms with Gasteiger partial charge in [-0.1, -0.05) is 18.2 Å². The first-order valence-electron chi connectivity index (χ1n) is 11.7. The Morgan fingerprint density at radius 1 is 0.971 bits per heavy atom. The van der Waals surface area contributed by atoms with E-state index >= 15 is 0 Å². The van der Waals surface area contributed by atoms with Crippen LogP contribution in [0.15, 0.2) is 60.9 Å². The molecule has 2 aromatic carbocycles. The minimum atomic E-state index is -0.203. The molecule has 1 saturated carbocycles. The van der Waals surface area contributed by atoms with Crippen molar-refractivity contribution in [3.05, 3.63) is 60.9 Å². The summed E-state index contributed by atoms with van der Waals surface area (Å²) in [5, 5.41) is 8.76. The maximum Gasteiger partial charge on any atom is 0.226 e. The molecule has 34 heavy (non-hydrogen) atoms. The molecule has 0 bridgehead atoms. The molecule has 8 heteroatoms. The van der Waals surface area contributed by atoms with Gasteiger partial charge >= 0.3 is 0 Å². The molecular weight excluding hydrogens is 428 g/mol. The lowest BCUT2D eigenvalue weighted by atomic mass is 9.71. The molecule has 1 amide bonds. The van der Waals surface area contributed by atoms with Crippen LogP contribution in [-0.4, -0.2) is 32.2 Å². The van der Waals surface area contributed by atoms with Gasteiger partial charge in [-0.25, -0.2) is 14.6 Å². The fraction of sp³-hybridized carbons (Fsp3) is 0.308. The summed E-state index contributed by atoms with van der Waals surface area (Å²) in [5.74, 6) is 2.16. The molecule has 0 atom stereocenters. The number of anilines is 1. The molecule has 1 aliphatic heterocycles. The normalized spacial score (nSPS) is 22.2. The van der Waals surface area contributed by atoms with Crippen molar-refractivity contribution >= 4 is 22.8 Å². The number of nitrogens with two attached hydrogens (primary N) is 1. The van der Waals surface area contributed by atoms with E-state index in [0.717, 1.165) is 72.4 Å². The molecule has 1 spiro atoms. The van der Waals surface area contributed by atoms with Crippen LogP contribution in [-0.2, 0) is 4.79 Å². The molecule has 0 unspecified atom stereocenters. The van der Waals surface area contributed by atoms with Crippen molar-refractivity contribution in [1.29, 1.82) is 0 Å². The van der Waals surface area contributed by atoms with Gasteiger partial charge in [-0.3, -0.25) is 4.79 Å². The molecule has 3 N–H and O–H groups in total. The second kappa shape index (κ2) is 8.13. The van der Waals surface area contributed by atoms with E-state index in [1.807, 2.05) is 59.3 Å². The number of benzene rings is 2. The zero-order valence-electron chi connectivity index (χ0n) is 18.8. The van der Waals surface area contributed by atoms with Gasteiger partial charge in [0.2, 0.25) is 5.91 Å². The van der Waals surface area contributed by atoms with Gasteiger partial charge in [-0.2, -0.15) is 5.10 Å². The van der Waals surface area contributed by atoms with Gasteiger partial charge in [-0.05, 0) is 68.5 Å². The van der Waals surface area contributed by atoms with Crippen LogP contribution in [0.4, 0.5) is 5.82 Å². The molecule has 4 aromatic rings. The molecule has 1 saturated heterocycles. The topological polar surface area (TPSA) is 108 Å². The number of fused-ring (bicyclic) bond motifs is 1. The van der Waals surface area contributed by atoms with Crippen LogP contribution in [0.3, 0.4) is 0 Å². The quantitative estimate of drug-likeness (QED) is 0.470. The average Bonchev–Trinajstić information content (AvgIpc) is 3.43. The standard InChI is InChI=1S/C26H26N6O2/c27-23-21-22(17-6-8-20(9-7-17)34-19-4-2-1-3-5-19)31-32(24(21)30-16-29-23)18-10-12-26(13-11-18)14-15-28-25(26)33/h1-9,16,18H,10-15H2,(H,28,33)(H2,27,29,30). The predicted octanol–water partition coefficient (Wildman–Crippen LogP) is 4.49. The highest BCUT2D eigenvalue weighted by Gasteiger charge is 2.45. The Hall–Kier alpha value is -3.94. The summed E-state index contributed by atoms with van der Waals surface area (Å²) in [6, 6.07) is 17.7. The number of nitrogens with zero attached hydrogens (tertiary/aromatic N) is 4. The summed E-state index contributed by atoms with van der Waals surface area (Å²) in [6.07, 6.45) is 5.93. The van der Waals surface area contributed by atoms with Gasteiger partial charge in [0.15, 0.2) is 5.65 Å². The zero-order chi connectivity index (χ0) is 23.1. The van der Waals surface area contributed by atoms with Crippen LogP contribution < -0.4 is 15.8 Å². The number of para-hydroxylation sites is 1. The van der Waals surface area contributed by atoms with E-state index in [-0.39, 0.29) is 17.4 Å². The van der Waals surface area contributed by atoms with Gasteiger partial charge < -0.3 is 15.8 Å². The number of rotatable bonds is 4. The van der Waals surface area contributed by atoms with Crippen molar-refractivity contribution in [1.82, 2.24) is 25.1 Å². The van der Waals surface area contributed by atoms with Gasteiger partial charge in [0.25, 0.3) is 0 Å². The molecule has 1 aliphatic carbocycles. The first kappa shape index (κ1) is 20.7. The Morgan fingerprint density at radius 3 is 2.41 bits per heavy atom. The second-order valence-electron chi connectivity index (χ2n) is 9.21. The number of hydrogen-bond acceptors (Lipinski definition) is 6. The summed E-state index contributed by atoms with van der Waals surface area (Å²) in [6.45, 7) is 0.784. The maximum atomic E-state index is 12.4. The Balaban J connectivity index is 1.32. The lowest BCUT2D eigenvalue weighted by Gasteiger charge is -2.34. The summed E-state index contributed by atoms with van der Waals surface area (Å²) >= 11 is 0. The number of aromatic nitrogens is 4. The predicted molar refractivity (Wildman–Crippen MR) is 129 cm³/mol.